The molecule has 13 heavy (non-hydrogen) atoms. The van der Waals surface area contributed by atoms with Crippen LogP contribution in [0.25, 0.3) is 0 Å². The van der Waals surface area contributed by atoms with Gasteiger partial charge >= 0.3 is 0 Å². The molecule has 1 unspecified atom stereocenters. The summed E-state index contributed by atoms with van der Waals surface area (Å²) in [5.74, 6) is 0.805. The third kappa shape index (κ3) is 1.13. The molecule has 65 valence electrons. The van der Waals surface area contributed by atoms with Crippen LogP contribution in [0.4, 0.5) is 0 Å². The number of hydrogen-bond donors (Lipinski definition) is 0. The van der Waals surface area contributed by atoms with Gasteiger partial charge in [-0.3, -0.25) is 0 Å². The molecule has 3 aliphatic carbocycles. The van der Waals surface area contributed by atoms with Gasteiger partial charge in [0.25, 0.3) is 0 Å². The van der Waals surface area contributed by atoms with Crippen molar-refractivity contribution >= 4 is 0 Å². The van der Waals surface area contributed by atoms with Crippen LogP contribution in [0.5, 0.6) is 0 Å². The summed E-state index contributed by atoms with van der Waals surface area (Å²) >= 11 is 0. The van der Waals surface area contributed by atoms with Gasteiger partial charge < -0.3 is 0 Å². The summed E-state index contributed by atoms with van der Waals surface area (Å²) in [5, 5.41) is 0. The Kier molecular flexibility index (Phi) is 1.55. The fourth-order valence-corrected chi connectivity index (χ4v) is 2.45. The van der Waals surface area contributed by atoms with E-state index in [0.29, 0.717) is 0 Å². The van der Waals surface area contributed by atoms with Crippen molar-refractivity contribution in [3.8, 4) is 0 Å². The molecule has 0 aromatic heterocycles. The van der Waals surface area contributed by atoms with E-state index < -0.39 is 0 Å². The minimum absolute atomic E-state index is 0.805. The Hall–Kier alpha value is -1.04. The maximum Gasteiger partial charge on any atom is 0.0128 e. The Morgan fingerprint density at radius 3 is 3.23 bits per heavy atom. The van der Waals surface area contributed by atoms with E-state index in [-0.39, 0.29) is 0 Å². The quantitative estimate of drug-likeness (QED) is 0.521. The Bertz CT molecular complexity index is 350. The minimum Gasteiger partial charge on any atom is -0.0842 e. The molecule has 0 amide bonds. The van der Waals surface area contributed by atoms with E-state index in [4.69, 9.17) is 0 Å². The highest BCUT2D eigenvalue weighted by Crippen LogP contribution is 2.38. The van der Waals surface area contributed by atoms with Crippen molar-refractivity contribution in [3.63, 3.8) is 0 Å². The molecule has 0 N–H and O–H groups in total. The third-order valence-electron chi connectivity index (χ3n) is 3.20. The van der Waals surface area contributed by atoms with Gasteiger partial charge in [-0.2, -0.15) is 0 Å². The highest BCUT2D eigenvalue weighted by atomic mass is 14.3. The number of allylic oxidation sites excluding steroid dienone is 8. The summed E-state index contributed by atoms with van der Waals surface area (Å²) in [4.78, 5) is 0. The minimum atomic E-state index is 0.805. The fraction of sp³-hybridized carbons (Fsp3) is 0.308. The lowest BCUT2D eigenvalue weighted by Gasteiger charge is -2.26. The Labute approximate surface area is 79.3 Å². The third-order valence-corrected chi connectivity index (χ3v) is 3.20. The van der Waals surface area contributed by atoms with E-state index in [1.807, 2.05) is 0 Å². The standard InChI is InChI=1S/C13H13/c1-2-5-11-9-13-7-3-6-12(13)8-10(11)4-1/h1,3-4,6-8,11H,2,5,9H2. The van der Waals surface area contributed by atoms with Gasteiger partial charge in [-0.05, 0) is 41.9 Å². The molecule has 0 fully saturated rings. The van der Waals surface area contributed by atoms with Crippen LogP contribution in [-0.4, -0.2) is 0 Å². The maximum absolute atomic E-state index is 2.36. The lowest BCUT2D eigenvalue weighted by Crippen LogP contribution is -2.11. The normalized spacial score (nSPS) is 30.2. The van der Waals surface area contributed by atoms with Crippen LogP contribution < -0.4 is 0 Å². The lowest BCUT2D eigenvalue weighted by atomic mass is 9.79. The first-order chi connectivity index (χ1) is 6.43. The van der Waals surface area contributed by atoms with Crippen LogP contribution in [0.1, 0.15) is 19.3 Å². The second-order valence-electron chi connectivity index (χ2n) is 4.03. The molecular weight excluding hydrogens is 156 g/mol. The molecule has 0 aromatic carbocycles. The fourth-order valence-electron chi connectivity index (χ4n) is 2.45. The maximum atomic E-state index is 2.36. The van der Waals surface area contributed by atoms with E-state index >= 15 is 0 Å². The molecule has 0 nitrogen and oxygen atoms in total. The summed E-state index contributed by atoms with van der Waals surface area (Å²) in [6.07, 6.45) is 17.5. The van der Waals surface area contributed by atoms with Crippen LogP contribution in [0, 0.1) is 12.3 Å². The smallest absolute Gasteiger partial charge is 0.0128 e. The van der Waals surface area contributed by atoms with Crippen LogP contribution in [-0.2, 0) is 0 Å². The van der Waals surface area contributed by atoms with Crippen molar-refractivity contribution in [2.75, 3.05) is 0 Å². The van der Waals surface area contributed by atoms with E-state index in [1.165, 1.54) is 24.8 Å². The molecule has 0 saturated heterocycles. The molecule has 0 aromatic rings. The van der Waals surface area contributed by atoms with E-state index in [9.17, 15) is 0 Å². The average molecular weight is 169 g/mol. The van der Waals surface area contributed by atoms with E-state index in [1.54, 1.807) is 11.1 Å². The van der Waals surface area contributed by atoms with E-state index in [0.717, 1.165) is 5.92 Å². The zero-order valence-electron chi connectivity index (χ0n) is 7.66. The average Bonchev–Trinajstić information content (AvgIpc) is 2.61. The Balaban J connectivity index is 2.01. The highest BCUT2D eigenvalue weighted by Gasteiger charge is 2.23. The first kappa shape index (κ1) is 7.37. The SMILES string of the molecule is [CH]1C=CC2=C1C=C1C=CCCC1C2. The van der Waals surface area contributed by atoms with Gasteiger partial charge in [0.05, 0.1) is 0 Å². The Morgan fingerprint density at radius 2 is 2.23 bits per heavy atom. The van der Waals surface area contributed by atoms with Gasteiger partial charge in [-0.15, -0.1) is 0 Å². The van der Waals surface area contributed by atoms with Crippen molar-refractivity contribution in [1.82, 2.24) is 0 Å². The second kappa shape index (κ2) is 2.73. The summed E-state index contributed by atoms with van der Waals surface area (Å²) in [6.45, 7) is 0. The van der Waals surface area contributed by atoms with Crippen LogP contribution >= 0.6 is 0 Å². The molecule has 0 heterocycles. The molecule has 3 aliphatic rings. The van der Waals surface area contributed by atoms with Crippen LogP contribution in [0.15, 0.2) is 47.1 Å². The second-order valence-corrected chi connectivity index (χ2v) is 4.03. The summed E-state index contributed by atoms with van der Waals surface area (Å²) in [5.41, 5.74) is 4.53. The lowest BCUT2D eigenvalue weighted by molar-refractivity contribution is 0.555. The summed E-state index contributed by atoms with van der Waals surface area (Å²) < 4.78 is 0. The molecule has 1 atom stereocenters. The number of rotatable bonds is 0. The topological polar surface area (TPSA) is 0 Å². The molecule has 0 bridgehead atoms. The first-order valence-corrected chi connectivity index (χ1v) is 5.06. The molecule has 1 radical (unpaired) electrons. The molecule has 0 spiro atoms. The number of hydrogen-bond acceptors (Lipinski definition) is 0. The monoisotopic (exact) mass is 169 g/mol. The molecule has 0 saturated carbocycles. The number of fused-ring (bicyclic) bond motifs is 1. The molecule has 0 heteroatoms. The van der Waals surface area contributed by atoms with Crippen LogP contribution in [0.3, 0.4) is 0 Å². The van der Waals surface area contributed by atoms with Crippen molar-refractivity contribution in [3.05, 3.63) is 53.5 Å². The Morgan fingerprint density at radius 1 is 1.23 bits per heavy atom. The highest BCUT2D eigenvalue weighted by molar-refractivity contribution is 5.54. The van der Waals surface area contributed by atoms with Crippen LogP contribution in [0.2, 0.25) is 0 Å². The van der Waals surface area contributed by atoms with Crippen molar-refractivity contribution in [2.24, 2.45) is 5.92 Å². The predicted molar refractivity (Wildman–Crippen MR) is 55.0 cm³/mol. The molecule has 3 rings (SSSR count). The zero-order valence-corrected chi connectivity index (χ0v) is 7.66. The van der Waals surface area contributed by atoms with Gasteiger partial charge in [-0.1, -0.05) is 30.4 Å². The zero-order chi connectivity index (χ0) is 8.67. The van der Waals surface area contributed by atoms with Gasteiger partial charge in [0.15, 0.2) is 0 Å². The van der Waals surface area contributed by atoms with Crippen molar-refractivity contribution < 1.29 is 0 Å². The van der Waals surface area contributed by atoms with Crippen molar-refractivity contribution in [1.29, 1.82) is 0 Å². The van der Waals surface area contributed by atoms with Gasteiger partial charge in [0.1, 0.15) is 0 Å². The molecular formula is C13H13. The van der Waals surface area contributed by atoms with Crippen molar-refractivity contribution in [2.45, 2.75) is 19.3 Å². The largest absolute Gasteiger partial charge is 0.0842 e. The predicted octanol–water partition coefficient (Wildman–Crippen LogP) is 3.35. The van der Waals surface area contributed by atoms with Gasteiger partial charge in [0, 0.05) is 6.42 Å². The van der Waals surface area contributed by atoms with E-state index in [2.05, 4.69) is 36.8 Å². The summed E-state index contributed by atoms with van der Waals surface area (Å²) in [7, 11) is 0. The first-order valence-electron chi connectivity index (χ1n) is 5.06. The van der Waals surface area contributed by atoms with Gasteiger partial charge in [0.2, 0.25) is 0 Å². The summed E-state index contributed by atoms with van der Waals surface area (Å²) in [6, 6.07) is 0. The molecule has 0 aliphatic heterocycles. The van der Waals surface area contributed by atoms with Gasteiger partial charge in [-0.25, -0.2) is 0 Å².